The van der Waals surface area contributed by atoms with Crippen molar-refractivity contribution in [1.29, 1.82) is 0 Å². The number of aromatic amines is 1. The molecule has 1 amide bonds. The van der Waals surface area contributed by atoms with Gasteiger partial charge in [0.05, 0.1) is 18.4 Å². The topological polar surface area (TPSA) is 213 Å². The van der Waals surface area contributed by atoms with E-state index in [0.29, 0.717) is 11.4 Å². The molecule has 168 valence electrons. The van der Waals surface area contributed by atoms with Gasteiger partial charge in [-0.05, 0) is 30.7 Å². The fourth-order valence-corrected chi connectivity index (χ4v) is 2.75. The number of carboxylic acids is 2. The number of nitrogens with one attached hydrogen (secondary N) is 3. The van der Waals surface area contributed by atoms with Gasteiger partial charge >= 0.3 is 30.8 Å². The summed E-state index contributed by atoms with van der Waals surface area (Å²) in [6.45, 7) is 0.231. The number of H-pyrrole nitrogens is 1. The van der Waals surface area contributed by atoms with Crippen LogP contribution in [0.4, 0.5) is 11.6 Å². The first-order valence-corrected chi connectivity index (χ1v) is 9.33. The number of benzene rings is 1. The van der Waals surface area contributed by atoms with E-state index in [0.717, 1.165) is 0 Å². The smallest absolute Gasteiger partial charge is 1.00 e. The number of nitrogens with zero attached hydrogens (tertiary/aromatic N) is 3. The molecule has 0 radical (unpaired) electrons. The van der Waals surface area contributed by atoms with Crippen LogP contribution in [0.25, 0.3) is 11.2 Å². The van der Waals surface area contributed by atoms with Crippen molar-refractivity contribution < 1.29 is 44.9 Å². The van der Waals surface area contributed by atoms with Gasteiger partial charge in [-0.3, -0.25) is 19.4 Å². The molecule has 13 nitrogen and oxygen atoms in total. The van der Waals surface area contributed by atoms with Crippen molar-refractivity contribution in [2.75, 3.05) is 11.1 Å². The van der Waals surface area contributed by atoms with E-state index in [-0.39, 0.29) is 62.3 Å². The van der Waals surface area contributed by atoms with Gasteiger partial charge in [0.15, 0.2) is 11.2 Å². The van der Waals surface area contributed by atoms with E-state index in [1.165, 1.54) is 18.3 Å². The van der Waals surface area contributed by atoms with Gasteiger partial charge in [0, 0.05) is 17.7 Å². The minimum Gasteiger partial charge on any atom is -1.00 e. The molecule has 0 saturated heterocycles. The number of hydrogen-bond acceptors (Lipinski definition) is 9. The summed E-state index contributed by atoms with van der Waals surface area (Å²) < 4.78 is 0. The molecular formula is C19H20LiN7O6. The van der Waals surface area contributed by atoms with Crippen LogP contribution in [0.3, 0.4) is 0 Å². The zero-order valence-electron chi connectivity index (χ0n) is 18.5. The maximum Gasteiger partial charge on any atom is 1.00 e. The number of aromatic nitrogens is 4. The second-order valence-electron chi connectivity index (χ2n) is 6.71. The Bertz CT molecular complexity index is 1240. The fraction of sp³-hybridized carbons (Fsp3) is 0.211. The number of carbonyl (C=O) groups excluding carboxylic acids is 1. The van der Waals surface area contributed by atoms with Crippen LogP contribution < -0.4 is 40.8 Å². The number of hydrogen-bond donors (Lipinski definition) is 6. The molecule has 0 unspecified atom stereocenters. The molecule has 0 spiro atoms. The third-order valence-corrected chi connectivity index (χ3v) is 4.36. The zero-order chi connectivity index (χ0) is 23.3. The molecule has 0 bridgehead atoms. The summed E-state index contributed by atoms with van der Waals surface area (Å²) >= 11 is 0. The molecule has 3 rings (SSSR count). The Labute approximate surface area is 199 Å². The van der Waals surface area contributed by atoms with Gasteiger partial charge in [0.1, 0.15) is 6.04 Å². The van der Waals surface area contributed by atoms with Crippen molar-refractivity contribution >= 4 is 40.6 Å². The summed E-state index contributed by atoms with van der Waals surface area (Å²) in [5.41, 5.74) is 6.47. The van der Waals surface area contributed by atoms with Crippen molar-refractivity contribution in [2.45, 2.75) is 25.4 Å². The van der Waals surface area contributed by atoms with Gasteiger partial charge in [-0.15, -0.1) is 0 Å². The molecule has 14 heteroatoms. The third kappa shape index (κ3) is 6.76. The van der Waals surface area contributed by atoms with Crippen molar-refractivity contribution in [3.8, 4) is 0 Å². The van der Waals surface area contributed by atoms with E-state index in [4.69, 9.17) is 15.9 Å². The Balaban J connectivity index is 0.00000289. The molecule has 3 aromatic rings. The second kappa shape index (κ2) is 11.1. The average molecular weight is 449 g/mol. The molecule has 0 aliphatic carbocycles. The fourth-order valence-electron chi connectivity index (χ4n) is 2.75. The minimum atomic E-state index is -1.31. The summed E-state index contributed by atoms with van der Waals surface area (Å²) in [5.74, 6) is -3.16. The molecule has 0 aliphatic heterocycles. The first kappa shape index (κ1) is 25.3. The molecule has 1 atom stereocenters. The number of amides is 1. The van der Waals surface area contributed by atoms with E-state index >= 15 is 0 Å². The first-order valence-electron chi connectivity index (χ1n) is 9.33. The van der Waals surface area contributed by atoms with Gasteiger partial charge in [0.25, 0.3) is 11.5 Å². The number of carbonyl (C=O) groups is 3. The predicted molar refractivity (Wildman–Crippen MR) is 113 cm³/mol. The Morgan fingerprint density at radius 1 is 1.15 bits per heavy atom. The SMILES string of the molecule is Nc1nc2ncc(CNc3ccc(C(=O)N[C@@H](CCC(=O)O)C(=O)O)cc3)nc2c(=O)[nH]1.[H-].[Li+]. The molecule has 33 heavy (non-hydrogen) atoms. The van der Waals surface area contributed by atoms with E-state index in [9.17, 15) is 19.2 Å². The minimum absolute atomic E-state index is 0. The van der Waals surface area contributed by atoms with Crippen LogP contribution in [0.2, 0.25) is 0 Å². The van der Waals surface area contributed by atoms with Crippen molar-refractivity contribution in [1.82, 2.24) is 25.3 Å². The molecule has 0 saturated carbocycles. The monoisotopic (exact) mass is 449 g/mol. The quantitative estimate of drug-likeness (QED) is 0.182. The third-order valence-electron chi connectivity index (χ3n) is 4.36. The Hall–Kier alpha value is -3.95. The van der Waals surface area contributed by atoms with Crippen molar-refractivity contribution in [3.05, 3.63) is 52.1 Å². The largest absolute Gasteiger partial charge is 1.00 e. The van der Waals surface area contributed by atoms with Crippen molar-refractivity contribution in [3.63, 3.8) is 0 Å². The Kier molecular flexibility index (Phi) is 8.49. The van der Waals surface area contributed by atoms with Gasteiger partial charge in [-0.25, -0.2) is 14.8 Å². The number of carboxylic acid groups (broad SMARTS) is 2. The normalized spacial score (nSPS) is 11.3. The van der Waals surface area contributed by atoms with Crippen LogP contribution in [-0.4, -0.2) is 54.0 Å². The zero-order valence-corrected chi connectivity index (χ0v) is 17.5. The summed E-state index contributed by atoms with van der Waals surface area (Å²) in [4.78, 5) is 60.6. The molecule has 7 N–H and O–H groups in total. The Morgan fingerprint density at radius 3 is 2.48 bits per heavy atom. The van der Waals surface area contributed by atoms with Crippen LogP contribution in [-0.2, 0) is 16.1 Å². The van der Waals surface area contributed by atoms with Gasteiger partial charge in [-0.1, -0.05) is 0 Å². The van der Waals surface area contributed by atoms with E-state index in [2.05, 4.69) is 30.6 Å². The molecule has 0 fully saturated rings. The summed E-state index contributed by atoms with van der Waals surface area (Å²) in [6.07, 6.45) is 0.840. The maximum atomic E-state index is 12.3. The number of nitrogen functional groups attached to an aromatic ring is 1. The van der Waals surface area contributed by atoms with Gasteiger partial charge in [0.2, 0.25) is 5.95 Å². The summed E-state index contributed by atoms with van der Waals surface area (Å²) in [6, 6.07) is 4.86. The Morgan fingerprint density at radius 2 is 1.85 bits per heavy atom. The van der Waals surface area contributed by atoms with Crippen molar-refractivity contribution in [2.24, 2.45) is 0 Å². The summed E-state index contributed by atoms with van der Waals surface area (Å²) in [5, 5.41) is 23.2. The average Bonchev–Trinajstić information content (AvgIpc) is 2.75. The van der Waals surface area contributed by atoms with Gasteiger partial charge in [-0.2, -0.15) is 4.98 Å². The maximum absolute atomic E-state index is 12.3. The number of anilines is 2. The predicted octanol–water partition coefficient (Wildman–Crippen LogP) is -2.93. The number of aliphatic carboxylic acids is 2. The number of nitrogens with two attached hydrogens (primary N) is 1. The van der Waals surface area contributed by atoms with Crippen LogP contribution in [0.5, 0.6) is 0 Å². The first-order chi connectivity index (χ1) is 15.2. The van der Waals surface area contributed by atoms with E-state index in [1.807, 2.05) is 0 Å². The molecule has 1 aromatic carbocycles. The van der Waals surface area contributed by atoms with Gasteiger partial charge < -0.3 is 28.0 Å². The number of fused-ring (bicyclic) bond motifs is 1. The van der Waals surface area contributed by atoms with Crippen LogP contribution in [0, 0.1) is 0 Å². The molecule has 0 aliphatic rings. The molecule has 2 aromatic heterocycles. The van der Waals surface area contributed by atoms with Crippen LogP contribution in [0.15, 0.2) is 35.3 Å². The number of rotatable bonds is 9. The van der Waals surface area contributed by atoms with E-state index < -0.39 is 29.4 Å². The standard InChI is InChI=1S/C19H19N7O6.Li.H/c20-19-25-15-14(17(30)26-19)23-11(8-22-15)7-21-10-3-1-9(2-4-10)16(29)24-12(18(31)32)5-6-13(27)28;;/h1-4,8,12,21H,5-7H2,(H,24,29)(H,27,28)(H,31,32)(H3,20,22,25,26,30);;/q;+1;-1/t12-;;/m0../s1. The summed E-state index contributed by atoms with van der Waals surface area (Å²) in [7, 11) is 0. The molecular weight excluding hydrogens is 429 g/mol. The second-order valence-corrected chi connectivity index (χ2v) is 6.71. The van der Waals surface area contributed by atoms with E-state index in [1.54, 1.807) is 12.1 Å². The van der Waals surface area contributed by atoms with Crippen LogP contribution >= 0.6 is 0 Å². The van der Waals surface area contributed by atoms with Crippen LogP contribution in [0.1, 0.15) is 30.3 Å². The molecule has 2 heterocycles.